The van der Waals surface area contributed by atoms with Gasteiger partial charge in [0.25, 0.3) is 11.8 Å². The summed E-state index contributed by atoms with van der Waals surface area (Å²) in [6.45, 7) is 2.41. The molecule has 0 aliphatic carbocycles. The van der Waals surface area contributed by atoms with Crippen molar-refractivity contribution in [3.05, 3.63) is 59.5 Å². The van der Waals surface area contributed by atoms with Crippen LogP contribution in [0.5, 0.6) is 0 Å². The lowest BCUT2D eigenvalue weighted by Crippen LogP contribution is -2.32. The molecule has 2 amide bonds. The van der Waals surface area contributed by atoms with Crippen LogP contribution < -0.4 is 0 Å². The van der Waals surface area contributed by atoms with Crippen LogP contribution in [-0.2, 0) is 18.4 Å². The number of amides is 2. The maximum absolute atomic E-state index is 12.7. The van der Waals surface area contributed by atoms with Gasteiger partial charge in [0, 0.05) is 31.5 Å². The largest absolute Gasteiger partial charge is 0.367 e. The van der Waals surface area contributed by atoms with Crippen LogP contribution in [0.1, 0.15) is 38.0 Å². The minimum atomic E-state index is -0.844. The van der Waals surface area contributed by atoms with Crippen LogP contribution in [-0.4, -0.2) is 42.4 Å². The maximum atomic E-state index is 12.7. The predicted molar refractivity (Wildman–Crippen MR) is 92.5 cm³/mol. The van der Waals surface area contributed by atoms with Crippen molar-refractivity contribution in [1.29, 1.82) is 0 Å². The molecule has 1 aliphatic rings. The first-order chi connectivity index (χ1) is 13.0. The van der Waals surface area contributed by atoms with Gasteiger partial charge in [0.1, 0.15) is 11.3 Å². The quantitative estimate of drug-likeness (QED) is 0.652. The molecule has 136 valence electrons. The Labute approximate surface area is 153 Å². The molecule has 27 heavy (non-hydrogen) atoms. The van der Waals surface area contributed by atoms with Gasteiger partial charge in [0.15, 0.2) is 0 Å². The Hall–Kier alpha value is -3.75. The van der Waals surface area contributed by atoms with E-state index in [1.54, 1.807) is 40.9 Å². The SMILES string of the molecule is CCn1cc(C(=O)ON2C(=O)c3ccccc3C2=O)c(-c2cnn(C)c2)n1. The van der Waals surface area contributed by atoms with E-state index >= 15 is 0 Å². The number of hydrogen-bond donors (Lipinski definition) is 0. The molecule has 4 rings (SSSR count). The maximum Gasteiger partial charge on any atom is 0.367 e. The Morgan fingerprint density at radius 2 is 1.78 bits per heavy atom. The molecule has 0 atom stereocenters. The Kier molecular flexibility index (Phi) is 3.84. The van der Waals surface area contributed by atoms with E-state index in [4.69, 9.17) is 4.84 Å². The summed E-state index contributed by atoms with van der Waals surface area (Å²) in [5.41, 5.74) is 1.53. The minimum absolute atomic E-state index is 0.140. The van der Waals surface area contributed by atoms with Crippen LogP contribution in [0.25, 0.3) is 11.3 Å². The van der Waals surface area contributed by atoms with Crippen LogP contribution in [0.15, 0.2) is 42.9 Å². The molecule has 1 aromatic carbocycles. The second-order valence-electron chi connectivity index (χ2n) is 5.98. The summed E-state index contributed by atoms with van der Waals surface area (Å²) in [6, 6.07) is 6.31. The van der Waals surface area contributed by atoms with Gasteiger partial charge in [0.05, 0.1) is 17.3 Å². The summed E-state index contributed by atoms with van der Waals surface area (Å²) in [6.07, 6.45) is 4.80. The van der Waals surface area contributed by atoms with Crippen LogP contribution in [0.2, 0.25) is 0 Å². The summed E-state index contributed by atoms with van der Waals surface area (Å²) < 4.78 is 3.15. The Morgan fingerprint density at radius 3 is 2.33 bits per heavy atom. The molecule has 3 aromatic rings. The van der Waals surface area contributed by atoms with E-state index < -0.39 is 17.8 Å². The smallest absolute Gasteiger partial charge is 0.324 e. The van der Waals surface area contributed by atoms with Gasteiger partial charge in [0.2, 0.25) is 0 Å². The van der Waals surface area contributed by atoms with Gasteiger partial charge in [-0.15, -0.1) is 0 Å². The van der Waals surface area contributed by atoms with E-state index in [0.717, 1.165) is 0 Å². The fourth-order valence-corrected chi connectivity index (χ4v) is 2.87. The molecular weight excluding hydrogens is 350 g/mol. The Morgan fingerprint density at radius 1 is 1.11 bits per heavy atom. The van der Waals surface area contributed by atoms with Crippen molar-refractivity contribution in [2.45, 2.75) is 13.5 Å². The molecule has 0 saturated heterocycles. The number of fused-ring (bicyclic) bond motifs is 1. The summed E-state index contributed by atoms with van der Waals surface area (Å²) in [4.78, 5) is 42.6. The number of nitrogens with zero attached hydrogens (tertiary/aromatic N) is 5. The number of benzene rings is 1. The molecule has 0 N–H and O–H groups in total. The molecule has 0 spiro atoms. The van der Waals surface area contributed by atoms with Gasteiger partial charge in [-0.1, -0.05) is 17.2 Å². The van der Waals surface area contributed by atoms with E-state index in [1.807, 2.05) is 6.92 Å². The monoisotopic (exact) mass is 365 g/mol. The van der Waals surface area contributed by atoms with Crippen molar-refractivity contribution in [2.24, 2.45) is 7.05 Å². The van der Waals surface area contributed by atoms with Crippen molar-refractivity contribution in [3.8, 4) is 11.3 Å². The van der Waals surface area contributed by atoms with E-state index in [2.05, 4.69) is 10.2 Å². The molecule has 9 nitrogen and oxygen atoms in total. The van der Waals surface area contributed by atoms with Gasteiger partial charge in [-0.3, -0.25) is 19.0 Å². The number of imide groups is 1. The number of aromatic nitrogens is 4. The molecule has 0 bridgehead atoms. The van der Waals surface area contributed by atoms with Crippen molar-refractivity contribution in [3.63, 3.8) is 0 Å². The third kappa shape index (κ3) is 2.69. The van der Waals surface area contributed by atoms with Crippen molar-refractivity contribution < 1.29 is 19.2 Å². The molecule has 0 unspecified atom stereocenters. The van der Waals surface area contributed by atoms with Crippen LogP contribution >= 0.6 is 0 Å². The topological polar surface area (TPSA) is 99.3 Å². The van der Waals surface area contributed by atoms with Gasteiger partial charge >= 0.3 is 5.97 Å². The summed E-state index contributed by atoms with van der Waals surface area (Å²) in [7, 11) is 1.75. The first-order valence-corrected chi connectivity index (χ1v) is 8.26. The van der Waals surface area contributed by atoms with Gasteiger partial charge in [-0.05, 0) is 19.1 Å². The van der Waals surface area contributed by atoms with Crippen LogP contribution in [0.4, 0.5) is 0 Å². The molecule has 0 saturated carbocycles. The summed E-state index contributed by atoms with van der Waals surface area (Å²) in [5.74, 6) is -2.19. The second-order valence-corrected chi connectivity index (χ2v) is 5.98. The lowest BCUT2D eigenvalue weighted by Gasteiger charge is -2.12. The standard InChI is InChI=1S/C18H15N5O4/c1-3-22-10-14(15(20-22)11-8-19-21(2)9-11)18(26)27-23-16(24)12-6-4-5-7-13(12)17(23)25/h4-10H,3H2,1-2H3. The molecule has 9 heteroatoms. The molecule has 3 heterocycles. The highest BCUT2D eigenvalue weighted by Crippen LogP contribution is 2.26. The van der Waals surface area contributed by atoms with Gasteiger partial charge in [-0.2, -0.15) is 10.2 Å². The van der Waals surface area contributed by atoms with Crippen LogP contribution in [0.3, 0.4) is 0 Å². The van der Waals surface area contributed by atoms with E-state index in [9.17, 15) is 14.4 Å². The lowest BCUT2D eigenvalue weighted by molar-refractivity contribution is -0.0584. The average molecular weight is 365 g/mol. The number of carbonyl (C=O) groups excluding carboxylic acids is 3. The van der Waals surface area contributed by atoms with Crippen molar-refractivity contribution in [1.82, 2.24) is 24.6 Å². The first kappa shape index (κ1) is 16.7. The third-order valence-corrected chi connectivity index (χ3v) is 4.21. The minimum Gasteiger partial charge on any atom is -0.324 e. The van der Waals surface area contributed by atoms with Crippen molar-refractivity contribution in [2.75, 3.05) is 0 Å². The highest BCUT2D eigenvalue weighted by Gasteiger charge is 2.39. The average Bonchev–Trinajstić information content (AvgIpc) is 3.35. The lowest BCUT2D eigenvalue weighted by atomic mass is 10.1. The zero-order valence-electron chi connectivity index (χ0n) is 14.6. The number of hydroxylamine groups is 2. The molecule has 0 radical (unpaired) electrons. The zero-order valence-corrected chi connectivity index (χ0v) is 14.6. The van der Waals surface area contributed by atoms with E-state index in [0.29, 0.717) is 22.9 Å². The fraction of sp³-hybridized carbons (Fsp3) is 0.167. The number of aryl methyl sites for hydroxylation is 2. The van der Waals surface area contributed by atoms with Gasteiger partial charge < -0.3 is 4.84 Å². The number of carbonyl (C=O) groups is 3. The second kappa shape index (κ2) is 6.20. The van der Waals surface area contributed by atoms with E-state index in [-0.39, 0.29) is 16.7 Å². The fourth-order valence-electron chi connectivity index (χ4n) is 2.87. The van der Waals surface area contributed by atoms with Crippen molar-refractivity contribution >= 4 is 17.8 Å². The molecule has 0 fully saturated rings. The van der Waals surface area contributed by atoms with Gasteiger partial charge in [-0.25, -0.2) is 4.79 Å². The normalized spacial score (nSPS) is 13.2. The highest BCUT2D eigenvalue weighted by molar-refractivity contribution is 6.21. The molecular formula is C18H15N5O4. The first-order valence-electron chi connectivity index (χ1n) is 8.26. The van der Waals surface area contributed by atoms with Crippen LogP contribution in [0, 0.1) is 0 Å². The Bertz CT molecular complexity index is 1050. The predicted octanol–water partition coefficient (Wildman–Crippen LogP) is 1.67. The number of hydrogen-bond acceptors (Lipinski definition) is 6. The third-order valence-electron chi connectivity index (χ3n) is 4.21. The molecule has 2 aromatic heterocycles. The number of rotatable bonds is 4. The zero-order chi connectivity index (χ0) is 19.1. The molecule has 1 aliphatic heterocycles. The summed E-state index contributed by atoms with van der Waals surface area (Å²) in [5, 5.41) is 8.93. The highest BCUT2D eigenvalue weighted by atomic mass is 16.7. The van der Waals surface area contributed by atoms with E-state index in [1.165, 1.54) is 18.3 Å². The summed E-state index contributed by atoms with van der Waals surface area (Å²) >= 11 is 0. The Balaban J connectivity index is 1.66.